The van der Waals surface area contributed by atoms with Crippen molar-refractivity contribution in [2.24, 2.45) is 0 Å². The highest BCUT2D eigenvalue weighted by Gasteiger charge is 2.20. The second-order valence-electron chi connectivity index (χ2n) is 7.14. The number of Topliss-reactive ketones (excluding diaryl/α,β-unsaturated/α-hetero) is 1. The van der Waals surface area contributed by atoms with Gasteiger partial charge < -0.3 is 14.0 Å². The Hall–Kier alpha value is -3.00. The van der Waals surface area contributed by atoms with Gasteiger partial charge in [-0.25, -0.2) is 0 Å². The Bertz CT molecular complexity index is 1230. The average molecular weight is 408 g/mol. The number of benzene rings is 2. The first kappa shape index (κ1) is 18.1. The lowest BCUT2D eigenvalue weighted by molar-refractivity contribution is 0.102. The summed E-state index contributed by atoms with van der Waals surface area (Å²) >= 11 is 1.39. The van der Waals surface area contributed by atoms with Gasteiger partial charge in [0.2, 0.25) is 5.78 Å². The molecule has 0 amide bonds. The fourth-order valence-electron chi connectivity index (χ4n) is 3.63. The molecule has 29 heavy (non-hydrogen) atoms. The maximum Gasteiger partial charge on any atom is 0.237 e. The molecular formula is C21H20N4O3S. The quantitative estimate of drug-likeness (QED) is 0.367. The summed E-state index contributed by atoms with van der Waals surface area (Å²) in [7, 11) is 0. The van der Waals surface area contributed by atoms with Crippen LogP contribution in [0, 0.1) is 0 Å². The van der Waals surface area contributed by atoms with Gasteiger partial charge in [0.25, 0.3) is 0 Å². The predicted octanol–water partition coefficient (Wildman–Crippen LogP) is 4.01. The van der Waals surface area contributed by atoms with Gasteiger partial charge in [-0.3, -0.25) is 9.20 Å². The number of hydrogen-bond donors (Lipinski definition) is 0. The molecule has 5 rings (SSSR count). The number of hydrogen-bond acceptors (Lipinski definition) is 6. The third-order valence-electron chi connectivity index (χ3n) is 4.93. The molecule has 0 N–H and O–H groups in total. The van der Waals surface area contributed by atoms with Crippen molar-refractivity contribution in [3.05, 3.63) is 48.0 Å². The molecule has 148 valence electrons. The summed E-state index contributed by atoms with van der Waals surface area (Å²) < 4.78 is 15.3. The van der Waals surface area contributed by atoms with E-state index in [1.54, 1.807) is 18.2 Å². The minimum atomic E-state index is 0.0105. The summed E-state index contributed by atoms with van der Waals surface area (Å²) in [5.74, 6) is 2.37. The number of carbonyl (C=O) groups excluding carboxylic acids is 1. The van der Waals surface area contributed by atoms with E-state index in [1.807, 2.05) is 16.5 Å². The first-order valence-electron chi connectivity index (χ1n) is 9.53. The van der Waals surface area contributed by atoms with E-state index < -0.39 is 0 Å². The summed E-state index contributed by atoms with van der Waals surface area (Å²) in [5, 5.41) is 9.44. The molecule has 0 atom stereocenters. The van der Waals surface area contributed by atoms with Crippen LogP contribution < -0.4 is 9.47 Å². The molecule has 0 unspecified atom stereocenters. The Balaban J connectivity index is 1.44. The van der Waals surface area contributed by atoms with Crippen LogP contribution in [0.1, 0.15) is 30.2 Å². The molecule has 0 aliphatic carbocycles. The number of aromatic nitrogens is 4. The van der Waals surface area contributed by atoms with Gasteiger partial charge in [-0.2, -0.15) is 0 Å². The molecule has 2 aromatic heterocycles. The first-order valence-corrected chi connectivity index (χ1v) is 10.5. The van der Waals surface area contributed by atoms with Crippen molar-refractivity contribution in [1.29, 1.82) is 0 Å². The fraction of sp³-hybridized carbons (Fsp3) is 0.286. The van der Waals surface area contributed by atoms with Crippen molar-refractivity contribution in [2.45, 2.75) is 25.0 Å². The maximum absolute atomic E-state index is 12.8. The molecule has 0 saturated heterocycles. The van der Waals surface area contributed by atoms with Crippen molar-refractivity contribution in [3.8, 4) is 11.5 Å². The highest BCUT2D eigenvalue weighted by Crippen LogP contribution is 2.32. The average Bonchev–Trinajstić information content (AvgIpc) is 3.29. The van der Waals surface area contributed by atoms with Crippen LogP contribution >= 0.6 is 11.8 Å². The molecule has 0 spiro atoms. The van der Waals surface area contributed by atoms with Gasteiger partial charge >= 0.3 is 0 Å². The van der Waals surface area contributed by atoms with Crippen molar-refractivity contribution >= 4 is 34.4 Å². The van der Waals surface area contributed by atoms with E-state index in [4.69, 9.17) is 9.47 Å². The zero-order valence-corrected chi connectivity index (χ0v) is 17.0. The highest BCUT2D eigenvalue weighted by atomic mass is 32.2. The van der Waals surface area contributed by atoms with Crippen LogP contribution in [0.5, 0.6) is 11.5 Å². The molecular weight excluding hydrogens is 388 g/mol. The minimum Gasteiger partial charge on any atom is -0.486 e. The Morgan fingerprint density at radius 1 is 1.07 bits per heavy atom. The number of carbonyl (C=O) groups is 1. The summed E-state index contributed by atoms with van der Waals surface area (Å²) in [6, 6.07) is 13.7. The van der Waals surface area contributed by atoms with E-state index in [0.29, 0.717) is 35.4 Å². The Labute approximate surface area is 171 Å². The smallest absolute Gasteiger partial charge is 0.237 e. The molecule has 4 aromatic rings. The lowest BCUT2D eigenvalue weighted by Crippen LogP contribution is -2.16. The van der Waals surface area contributed by atoms with E-state index >= 15 is 0 Å². The molecule has 1 aliphatic rings. The molecule has 8 heteroatoms. The van der Waals surface area contributed by atoms with E-state index in [9.17, 15) is 4.79 Å². The molecule has 1 aliphatic heterocycles. The molecule has 0 fully saturated rings. The maximum atomic E-state index is 12.8. The number of thioether (sulfide) groups is 1. The normalized spacial score (nSPS) is 13.5. The van der Waals surface area contributed by atoms with Crippen molar-refractivity contribution in [3.63, 3.8) is 0 Å². The van der Waals surface area contributed by atoms with Crippen molar-refractivity contribution in [1.82, 2.24) is 19.2 Å². The second kappa shape index (κ2) is 7.11. The zero-order valence-electron chi connectivity index (χ0n) is 16.2. The fourth-order valence-corrected chi connectivity index (χ4v) is 4.46. The Morgan fingerprint density at radius 3 is 2.62 bits per heavy atom. The van der Waals surface area contributed by atoms with E-state index in [2.05, 4.69) is 40.7 Å². The van der Waals surface area contributed by atoms with Gasteiger partial charge in [0.05, 0.1) is 16.8 Å². The highest BCUT2D eigenvalue weighted by molar-refractivity contribution is 7.99. The summed E-state index contributed by atoms with van der Waals surface area (Å²) in [4.78, 5) is 12.8. The zero-order chi connectivity index (χ0) is 20.0. The van der Waals surface area contributed by atoms with E-state index in [1.165, 1.54) is 11.8 Å². The topological polar surface area (TPSA) is 70.7 Å². The van der Waals surface area contributed by atoms with Crippen LogP contribution in [0.15, 0.2) is 47.6 Å². The van der Waals surface area contributed by atoms with Crippen LogP contribution in [0.3, 0.4) is 0 Å². The third kappa shape index (κ3) is 3.04. The number of para-hydroxylation sites is 2. The van der Waals surface area contributed by atoms with Crippen molar-refractivity contribution in [2.75, 3.05) is 19.0 Å². The summed E-state index contributed by atoms with van der Waals surface area (Å²) in [6.45, 7) is 5.28. The van der Waals surface area contributed by atoms with Gasteiger partial charge in [0.1, 0.15) is 13.2 Å². The molecule has 3 heterocycles. The number of imidazole rings is 1. The largest absolute Gasteiger partial charge is 0.486 e. The van der Waals surface area contributed by atoms with E-state index in [0.717, 1.165) is 16.8 Å². The van der Waals surface area contributed by atoms with Gasteiger partial charge in [0, 0.05) is 11.6 Å². The van der Waals surface area contributed by atoms with Crippen LogP contribution in [0.2, 0.25) is 0 Å². The van der Waals surface area contributed by atoms with Crippen LogP contribution in [-0.2, 0) is 0 Å². The van der Waals surface area contributed by atoms with Gasteiger partial charge in [-0.15, -0.1) is 10.2 Å². The number of rotatable bonds is 5. The van der Waals surface area contributed by atoms with Crippen LogP contribution in [0.25, 0.3) is 16.8 Å². The third-order valence-corrected chi connectivity index (χ3v) is 5.86. The minimum absolute atomic E-state index is 0.0105. The SMILES string of the molecule is CC(C)n1c2ccccc2n2c(SCC(=O)c3ccc4c(c3)OCCO4)nnc12. The molecule has 0 bridgehead atoms. The summed E-state index contributed by atoms with van der Waals surface area (Å²) in [5.41, 5.74) is 2.75. The monoisotopic (exact) mass is 408 g/mol. The van der Waals surface area contributed by atoms with Crippen molar-refractivity contribution < 1.29 is 14.3 Å². The Kier molecular flexibility index (Phi) is 4.43. The summed E-state index contributed by atoms with van der Waals surface area (Å²) in [6.07, 6.45) is 0. The molecule has 2 aromatic carbocycles. The molecule has 0 saturated carbocycles. The number of ketones is 1. The standard InChI is InChI=1S/C21H20N4O3S/c1-13(2)24-15-5-3-4-6-16(15)25-20(24)22-23-21(25)29-12-17(26)14-7-8-18-19(11-14)28-10-9-27-18/h3-8,11,13H,9-10,12H2,1-2H3. The first-order chi connectivity index (χ1) is 14.1. The molecule has 7 nitrogen and oxygen atoms in total. The van der Waals surface area contributed by atoms with Crippen LogP contribution in [0.4, 0.5) is 0 Å². The van der Waals surface area contributed by atoms with Crippen LogP contribution in [-0.4, -0.2) is 43.9 Å². The lowest BCUT2D eigenvalue weighted by Gasteiger charge is -2.18. The van der Waals surface area contributed by atoms with Gasteiger partial charge in [-0.1, -0.05) is 23.9 Å². The van der Waals surface area contributed by atoms with E-state index in [-0.39, 0.29) is 17.6 Å². The number of fused-ring (bicyclic) bond motifs is 4. The predicted molar refractivity (Wildman–Crippen MR) is 111 cm³/mol. The molecule has 0 radical (unpaired) electrons. The number of ether oxygens (including phenoxy) is 2. The Morgan fingerprint density at radius 2 is 1.83 bits per heavy atom. The lowest BCUT2D eigenvalue weighted by atomic mass is 10.1. The number of nitrogens with zero attached hydrogens (tertiary/aromatic N) is 4. The van der Waals surface area contributed by atoms with Gasteiger partial charge in [0.15, 0.2) is 22.4 Å². The van der Waals surface area contributed by atoms with Gasteiger partial charge in [-0.05, 0) is 44.2 Å². The second-order valence-corrected chi connectivity index (χ2v) is 8.08.